The number of aliphatic hydroxyl groups excluding tert-OH is 1. The molecule has 1 aliphatic rings. The van der Waals surface area contributed by atoms with Crippen LogP contribution in [0.5, 0.6) is 0 Å². The van der Waals surface area contributed by atoms with Gasteiger partial charge in [0.15, 0.2) is 5.76 Å². The van der Waals surface area contributed by atoms with Gasteiger partial charge in [-0.1, -0.05) is 22.8 Å². The van der Waals surface area contributed by atoms with Gasteiger partial charge in [0.25, 0.3) is 5.91 Å². The monoisotopic (exact) mass is 539 g/mol. The van der Waals surface area contributed by atoms with Crippen molar-refractivity contribution in [1.29, 1.82) is 0 Å². The van der Waals surface area contributed by atoms with Crippen LogP contribution in [0.1, 0.15) is 33.1 Å². The molecule has 1 amide bonds. The van der Waals surface area contributed by atoms with E-state index in [0.29, 0.717) is 57.8 Å². The van der Waals surface area contributed by atoms with E-state index in [2.05, 4.69) is 15.5 Å². The van der Waals surface area contributed by atoms with Crippen molar-refractivity contribution in [2.24, 2.45) is 0 Å². The zero-order valence-corrected chi connectivity index (χ0v) is 21.9. The van der Waals surface area contributed by atoms with Crippen LogP contribution in [-0.4, -0.2) is 50.4 Å². The number of nitrogens with one attached hydrogen (secondary N) is 1. The van der Waals surface area contributed by atoms with Crippen molar-refractivity contribution in [1.82, 2.24) is 19.6 Å². The van der Waals surface area contributed by atoms with Crippen LogP contribution in [-0.2, 0) is 24.4 Å². The molecule has 2 N–H and O–H groups in total. The highest BCUT2D eigenvalue weighted by Crippen LogP contribution is 2.34. The van der Waals surface area contributed by atoms with Gasteiger partial charge in [0, 0.05) is 43.7 Å². The molecule has 1 aliphatic heterocycles. The number of ether oxygens (including phenoxy) is 1. The van der Waals surface area contributed by atoms with Crippen molar-refractivity contribution in [2.45, 2.75) is 39.6 Å². The molecule has 5 rings (SSSR count). The summed E-state index contributed by atoms with van der Waals surface area (Å²) in [7, 11) is 1.57. The number of aliphatic hydroxyl groups is 1. The molecule has 11 heteroatoms. The van der Waals surface area contributed by atoms with Crippen LogP contribution >= 0.6 is 11.6 Å². The molecular formula is C27H27ClFN5O4. The van der Waals surface area contributed by atoms with Crippen molar-refractivity contribution in [3.05, 3.63) is 81.8 Å². The Hall–Kier alpha value is -3.73. The zero-order valence-electron chi connectivity index (χ0n) is 21.2. The lowest BCUT2D eigenvalue weighted by Gasteiger charge is -2.36. The molecular weight excluding hydrogens is 513 g/mol. The average molecular weight is 540 g/mol. The minimum absolute atomic E-state index is 0.141. The van der Waals surface area contributed by atoms with Gasteiger partial charge in [0.05, 0.1) is 24.3 Å². The Labute approximate surface area is 223 Å². The van der Waals surface area contributed by atoms with Crippen molar-refractivity contribution in [2.75, 3.05) is 19.0 Å². The second-order valence-electron chi connectivity index (χ2n) is 9.25. The van der Waals surface area contributed by atoms with Gasteiger partial charge in [-0.25, -0.2) is 9.37 Å². The molecule has 38 heavy (non-hydrogen) atoms. The number of carbonyl (C=O) groups is 1. The number of amides is 1. The second-order valence-corrected chi connectivity index (χ2v) is 9.66. The molecule has 0 bridgehead atoms. The van der Waals surface area contributed by atoms with Gasteiger partial charge in [0.2, 0.25) is 0 Å². The number of hydrogen-bond donors (Lipinski definition) is 2. The fourth-order valence-corrected chi connectivity index (χ4v) is 4.97. The van der Waals surface area contributed by atoms with E-state index in [4.69, 9.17) is 20.9 Å². The molecule has 4 heterocycles. The summed E-state index contributed by atoms with van der Waals surface area (Å²) in [5, 5.41) is 17.3. The highest BCUT2D eigenvalue weighted by atomic mass is 35.5. The Kier molecular flexibility index (Phi) is 7.20. The van der Waals surface area contributed by atoms with Crippen LogP contribution < -0.4 is 5.32 Å². The van der Waals surface area contributed by atoms with Gasteiger partial charge in [-0.05, 0) is 49.2 Å². The van der Waals surface area contributed by atoms with Crippen LogP contribution in [0.25, 0.3) is 11.1 Å². The lowest BCUT2D eigenvalue weighted by Crippen LogP contribution is -2.49. The molecule has 0 unspecified atom stereocenters. The van der Waals surface area contributed by atoms with E-state index in [-0.39, 0.29) is 25.1 Å². The number of aryl methyl sites for hydroxylation is 2. The summed E-state index contributed by atoms with van der Waals surface area (Å²) in [4.78, 5) is 19.7. The van der Waals surface area contributed by atoms with E-state index in [1.807, 2.05) is 30.7 Å². The van der Waals surface area contributed by atoms with E-state index in [0.717, 1.165) is 11.3 Å². The summed E-state index contributed by atoms with van der Waals surface area (Å²) in [5.41, 5.74) is 4.48. The van der Waals surface area contributed by atoms with Crippen LogP contribution in [0.2, 0.25) is 5.02 Å². The number of fused-ring (bicyclic) bond motifs is 1. The van der Waals surface area contributed by atoms with E-state index in [9.17, 15) is 14.3 Å². The van der Waals surface area contributed by atoms with Gasteiger partial charge < -0.3 is 29.2 Å². The molecule has 1 aromatic carbocycles. The maximum absolute atomic E-state index is 14.0. The normalized spacial score (nSPS) is 15.2. The van der Waals surface area contributed by atoms with Crippen LogP contribution in [0, 0.1) is 19.7 Å². The Morgan fingerprint density at radius 3 is 2.79 bits per heavy atom. The van der Waals surface area contributed by atoms with Gasteiger partial charge in [0.1, 0.15) is 28.7 Å². The smallest absolute Gasteiger partial charge is 0.271 e. The van der Waals surface area contributed by atoms with Crippen molar-refractivity contribution >= 4 is 29.0 Å². The third-order valence-corrected chi connectivity index (χ3v) is 7.02. The Balaban J connectivity index is 1.48. The number of hydrogen-bond acceptors (Lipinski definition) is 7. The first-order valence-electron chi connectivity index (χ1n) is 12.0. The second kappa shape index (κ2) is 10.6. The average Bonchev–Trinajstić information content (AvgIpc) is 3.46. The molecule has 1 atom stereocenters. The lowest BCUT2D eigenvalue weighted by atomic mass is 10.0. The fraction of sp³-hybridized carbons (Fsp3) is 0.296. The summed E-state index contributed by atoms with van der Waals surface area (Å²) in [6, 6.07) is 7.49. The number of benzene rings is 1. The Bertz CT molecular complexity index is 1480. The summed E-state index contributed by atoms with van der Waals surface area (Å²) in [6.45, 7) is 4.30. The van der Waals surface area contributed by atoms with E-state index >= 15 is 0 Å². The van der Waals surface area contributed by atoms with Gasteiger partial charge in [-0.3, -0.25) is 4.79 Å². The number of methoxy groups -OCH3 is 1. The predicted molar refractivity (Wildman–Crippen MR) is 140 cm³/mol. The standard InChI is InChI=1S/C27H27ClFN5O4/c1-15-26(16(2)38-32-15)31-25-8-22(23(28)9-30-25)19-7-24-27(36)34(21(14-37-3)12-33(24)10-19)11-18-6-20(29)5-4-17(18)13-35/h4-10,21,35H,11-14H2,1-3H3,(H,30,31)/t21-/m1/s1. The molecule has 9 nitrogen and oxygen atoms in total. The molecule has 0 saturated carbocycles. The highest BCUT2D eigenvalue weighted by molar-refractivity contribution is 6.33. The molecule has 198 valence electrons. The van der Waals surface area contributed by atoms with E-state index in [1.165, 1.54) is 18.2 Å². The zero-order chi connectivity index (χ0) is 27.0. The minimum atomic E-state index is -0.427. The summed E-state index contributed by atoms with van der Waals surface area (Å²) < 4.78 is 26.5. The number of carbonyl (C=O) groups excluding carboxylic acids is 1. The molecule has 4 aromatic rings. The van der Waals surface area contributed by atoms with Crippen LogP contribution in [0.15, 0.2) is 47.2 Å². The van der Waals surface area contributed by atoms with E-state index in [1.54, 1.807) is 24.3 Å². The largest absolute Gasteiger partial charge is 0.392 e. The Morgan fingerprint density at radius 2 is 2.08 bits per heavy atom. The molecule has 0 aliphatic carbocycles. The minimum Gasteiger partial charge on any atom is -0.392 e. The maximum Gasteiger partial charge on any atom is 0.271 e. The molecule has 0 radical (unpaired) electrons. The third-order valence-electron chi connectivity index (χ3n) is 6.72. The number of anilines is 2. The highest BCUT2D eigenvalue weighted by Gasteiger charge is 2.34. The number of nitrogens with zero attached hydrogens (tertiary/aromatic N) is 4. The maximum atomic E-state index is 14.0. The number of halogens is 2. The number of pyridine rings is 1. The van der Waals surface area contributed by atoms with Gasteiger partial charge in [-0.2, -0.15) is 0 Å². The van der Waals surface area contributed by atoms with Crippen molar-refractivity contribution in [3.63, 3.8) is 0 Å². The molecule has 0 spiro atoms. The quantitative estimate of drug-likeness (QED) is 0.329. The van der Waals surface area contributed by atoms with Gasteiger partial charge >= 0.3 is 0 Å². The summed E-state index contributed by atoms with van der Waals surface area (Å²) >= 11 is 6.53. The Morgan fingerprint density at radius 1 is 1.26 bits per heavy atom. The summed E-state index contributed by atoms with van der Waals surface area (Å²) in [6.07, 6.45) is 3.44. The van der Waals surface area contributed by atoms with Gasteiger partial charge in [-0.15, -0.1) is 0 Å². The SMILES string of the molecule is COC[C@H]1Cn2cc(-c3cc(Nc4c(C)noc4C)ncc3Cl)cc2C(=O)N1Cc1cc(F)ccc1CO. The van der Waals surface area contributed by atoms with E-state index < -0.39 is 5.82 Å². The summed E-state index contributed by atoms with van der Waals surface area (Å²) in [5.74, 6) is 0.536. The van der Waals surface area contributed by atoms with Crippen LogP contribution in [0.3, 0.4) is 0 Å². The van der Waals surface area contributed by atoms with Crippen molar-refractivity contribution in [3.8, 4) is 11.1 Å². The predicted octanol–water partition coefficient (Wildman–Crippen LogP) is 4.85. The first kappa shape index (κ1) is 25.9. The number of rotatable bonds is 8. The van der Waals surface area contributed by atoms with Crippen LogP contribution in [0.4, 0.5) is 15.9 Å². The molecule has 0 saturated heterocycles. The fourth-order valence-electron chi connectivity index (χ4n) is 4.76. The molecule has 0 fully saturated rings. The van der Waals surface area contributed by atoms with Crippen molar-refractivity contribution < 1.29 is 23.6 Å². The first-order chi connectivity index (χ1) is 18.3. The first-order valence-corrected chi connectivity index (χ1v) is 12.4. The lowest BCUT2D eigenvalue weighted by molar-refractivity contribution is 0.0386. The topological polar surface area (TPSA) is 106 Å². The number of aromatic nitrogens is 3. The third kappa shape index (κ3) is 4.90. The molecule has 3 aromatic heterocycles.